The van der Waals surface area contributed by atoms with Gasteiger partial charge in [0.25, 0.3) is 0 Å². The van der Waals surface area contributed by atoms with Gasteiger partial charge in [-0.05, 0) is 18.8 Å². The fourth-order valence-electron chi connectivity index (χ4n) is 2.91. The molecular formula is C20H40NNaO3. The Balaban J connectivity index is -0.00000264. The number of hydrogen-bond donors (Lipinski definition) is 2. The van der Waals surface area contributed by atoms with Gasteiger partial charge < -0.3 is 11.8 Å². The number of nitrogens with one attached hydrogen (secondary N) is 1. The van der Waals surface area contributed by atoms with Crippen molar-refractivity contribution in [3.63, 3.8) is 0 Å². The first-order chi connectivity index (χ1) is 11.5. The summed E-state index contributed by atoms with van der Waals surface area (Å²) in [6.07, 6.45) is 14.7. The minimum absolute atomic E-state index is 0. The topological polar surface area (TPSA) is 66.4 Å². The van der Waals surface area contributed by atoms with Crippen LogP contribution in [-0.2, 0) is 9.59 Å². The summed E-state index contributed by atoms with van der Waals surface area (Å²) in [5.74, 6) is -0.802. The van der Waals surface area contributed by atoms with Crippen molar-refractivity contribution in [3.8, 4) is 0 Å². The van der Waals surface area contributed by atoms with Crippen LogP contribution in [0.5, 0.6) is 0 Å². The zero-order chi connectivity index (χ0) is 18.2. The zero-order valence-corrected chi connectivity index (χ0v) is 19.1. The largest absolute Gasteiger partial charge is 1.00 e. The summed E-state index contributed by atoms with van der Waals surface area (Å²) in [6.45, 7) is 6.17. The minimum Gasteiger partial charge on any atom is -1.00 e. The van der Waals surface area contributed by atoms with Crippen molar-refractivity contribution >= 4 is 11.9 Å². The molecule has 0 bridgehead atoms. The molecule has 0 radical (unpaired) electrons. The van der Waals surface area contributed by atoms with Gasteiger partial charge in [-0.2, -0.15) is 0 Å². The Morgan fingerprint density at radius 1 is 0.880 bits per heavy atom. The Morgan fingerprint density at radius 3 is 1.72 bits per heavy atom. The van der Waals surface area contributed by atoms with Gasteiger partial charge in [0, 0.05) is 6.42 Å². The van der Waals surface area contributed by atoms with Crippen molar-refractivity contribution in [3.05, 3.63) is 0 Å². The minimum atomic E-state index is -0.934. The van der Waals surface area contributed by atoms with E-state index in [-0.39, 0.29) is 42.8 Å². The van der Waals surface area contributed by atoms with Gasteiger partial charge in [-0.3, -0.25) is 4.79 Å². The van der Waals surface area contributed by atoms with Gasteiger partial charge >= 0.3 is 35.5 Å². The summed E-state index contributed by atoms with van der Waals surface area (Å²) >= 11 is 0. The van der Waals surface area contributed by atoms with Crippen molar-refractivity contribution in [2.45, 2.75) is 110 Å². The average Bonchev–Trinajstić information content (AvgIpc) is 2.51. The molecule has 0 saturated heterocycles. The summed E-state index contributed by atoms with van der Waals surface area (Å²) in [4.78, 5) is 22.9. The molecule has 5 heteroatoms. The van der Waals surface area contributed by atoms with E-state index in [9.17, 15) is 9.59 Å². The maximum absolute atomic E-state index is 11.8. The second kappa shape index (κ2) is 18.7. The Labute approximate surface area is 178 Å². The Bertz CT molecular complexity index is 341. The molecule has 0 heterocycles. The molecule has 0 aromatic rings. The van der Waals surface area contributed by atoms with Crippen LogP contribution in [-0.4, -0.2) is 23.0 Å². The van der Waals surface area contributed by atoms with Gasteiger partial charge in [0.15, 0.2) is 0 Å². The molecule has 1 amide bonds. The number of hydrogen-bond acceptors (Lipinski definition) is 2. The summed E-state index contributed by atoms with van der Waals surface area (Å²) in [6, 6.07) is -0.745. The van der Waals surface area contributed by atoms with Crippen LogP contribution in [0.15, 0.2) is 0 Å². The van der Waals surface area contributed by atoms with Crippen LogP contribution in [0.1, 0.15) is 106 Å². The van der Waals surface area contributed by atoms with E-state index in [1.807, 2.05) is 13.8 Å². The van der Waals surface area contributed by atoms with Crippen LogP contribution in [0, 0.1) is 5.92 Å². The predicted molar refractivity (Wildman–Crippen MR) is 101 cm³/mol. The Morgan fingerprint density at radius 2 is 1.32 bits per heavy atom. The molecular weight excluding hydrogens is 325 g/mol. The fraction of sp³-hybridized carbons (Fsp3) is 0.900. The molecule has 144 valence electrons. The zero-order valence-electron chi connectivity index (χ0n) is 18.1. The molecule has 0 aliphatic carbocycles. The number of aliphatic carboxylic acids is 1. The maximum atomic E-state index is 11.8. The standard InChI is InChI=1S/C20H39NO3.Na.H/c1-4-5-6-7-8-9-10-11-12-13-14-15-19(22)21-18(20(23)24)16-17(2)3;;/h17-18H,4-16H2,1-3H3,(H,21,22)(H,23,24);;/q;+1;-1/t18-;;/m0../s1. The van der Waals surface area contributed by atoms with Crippen molar-refractivity contribution in [1.82, 2.24) is 5.32 Å². The summed E-state index contributed by atoms with van der Waals surface area (Å²) < 4.78 is 0. The van der Waals surface area contributed by atoms with Crippen LogP contribution in [0.25, 0.3) is 0 Å². The van der Waals surface area contributed by atoms with Crippen LogP contribution >= 0.6 is 0 Å². The van der Waals surface area contributed by atoms with E-state index in [1.54, 1.807) is 0 Å². The molecule has 25 heavy (non-hydrogen) atoms. The molecule has 4 nitrogen and oxygen atoms in total. The normalized spacial score (nSPS) is 11.8. The van der Waals surface area contributed by atoms with Crippen molar-refractivity contribution in [2.24, 2.45) is 5.92 Å². The van der Waals surface area contributed by atoms with Gasteiger partial charge in [-0.1, -0.05) is 85.0 Å². The third-order valence-corrected chi connectivity index (χ3v) is 4.35. The number of unbranched alkanes of at least 4 members (excludes halogenated alkanes) is 10. The number of carbonyl (C=O) groups is 2. The third-order valence-electron chi connectivity index (χ3n) is 4.35. The van der Waals surface area contributed by atoms with E-state index in [2.05, 4.69) is 12.2 Å². The van der Waals surface area contributed by atoms with Crippen molar-refractivity contribution in [2.75, 3.05) is 0 Å². The first-order valence-electron chi connectivity index (χ1n) is 9.99. The maximum Gasteiger partial charge on any atom is 1.00 e. The Kier molecular flexibility index (Phi) is 20.3. The summed E-state index contributed by atoms with van der Waals surface area (Å²) in [7, 11) is 0. The molecule has 0 aromatic heterocycles. The molecule has 0 saturated carbocycles. The quantitative estimate of drug-likeness (QED) is 0.326. The molecule has 0 rings (SSSR count). The van der Waals surface area contributed by atoms with Crippen molar-refractivity contribution < 1.29 is 45.7 Å². The van der Waals surface area contributed by atoms with Gasteiger partial charge in [0.05, 0.1) is 0 Å². The number of amides is 1. The molecule has 1 atom stereocenters. The van der Waals surface area contributed by atoms with E-state index in [0.29, 0.717) is 12.8 Å². The van der Waals surface area contributed by atoms with E-state index in [4.69, 9.17) is 5.11 Å². The third kappa shape index (κ3) is 18.5. The first-order valence-corrected chi connectivity index (χ1v) is 9.99. The fourth-order valence-corrected chi connectivity index (χ4v) is 2.91. The van der Waals surface area contributed by atoms with Crippen LogP contribution < -0.4 is 34.9 Å². The second-order valence-corrected chi connectivity index (χ2v) is 7.37. The summed E-state index contributed by atoms with van der Waals surface area (Å²) in [5, 5.41) is 11.8. The monoisotopic (exact) mass is 365 g/mol. The molecule has 0 unspecified atom stereocenters. The molecule has 2 N–H and O–H groups in total. The summed E-state index contributed by atoms with van der Waals surface area (Å²) in [5.41, 5.74) is 0. The molecule has 0 aliphatic rings. The smallest absolute Gasteiger partial charge is 1.00 e. The Hall–Kier alpha value is -0.0600. The van der Waals surface area contributed by atoms with E-state index in [1.165, 1.54) is 57.8 Å². The van der Waals surface area contributed by atoms with Crippen LogP contribution in [0.2, 0.25) is 0 Å². The van der Waals surface area contributed by atoms with Gasteiger partial charge in [-0.25, -0.2) is 4.79 Å². The van der Waals surface area contributed by atoms with Crippen LogP contribution in [0.3, 0.4) is 0 Å². The SMILES string of the molecule is CCCCCCCCCCCCCC(=O)N[C@@H](CC(C)C)C(=O)O.[H-].[Na+]. The number of rotatable bonds is 16. The predicted octanol–water partition coefficient (Wildman–Crippen LogP) is 2.42. The number of carbonyl (C=O) groups excluding carboxylic acids is 1. The second-order valence-electron chi connectivity index (χ2n) is 7.37. The van der Waals surface area contributed by atoms with Gasteiger partial charge in [0.2, 0.25) is 5.91 Å². The number of carboxylic acid groups (broad SMARTS) is 1. The van der Waals surface area contributed by atoms with Crippen LogP contribution in [0.4, 0.5) is 0 Å². The molecule has 0 spiro atoms. The van der Waals surface area contributed by atoms with Crippen molar-refractivity contribution in [1.29, 1.82) is 0 Å². The number of carboxylic acids is 1. The van der Waals surface area contributed by atoms with E-state index < -0.39 is 12.0 Å². The molecule has 0 aromatic carbocycles. The average molecular weight is 366 g/mol. The molecule has 0 aliphatic heterocycles. The first kappa shape index (κ1) is 27.2. The van der Waals surface area contributed by atoms with Gasteiger partial charge in [0.1, 0.15) is 6.04 Å². The van der Waals surface area contributed by atoms with E-state index >= 15 is 0 Å². The van der Waals surface area contributed by atoms with Gasteiger partial charge in [-0.15, -0.1) is 0 Å². The van der Waals surface area contributed by atoms with E-state index in [0.717, 1.165) is 12.8 Å². The molecule has 0 fully saturated rings.